The minimum Gasteiger partial charge on any atom is -0.407 e. The SMILES string of the molecule is CC(C)c1ccc(Cc2nnc(NC(=O)c3c(F)cccc3F)o2)cc1. The minimum absolute atomic E-state index is 0.216. The van der Waals surface area contributed by atoms with Gasteiger partial charge in [0.05, 0.1) is 6.42 Å². The molecule has 1 heterocycles. The maximum absolute atomic E-state index is 13.6. The lowest BCUT2D eigenvalue weighted by Gasteiger charge is -2.05. The first kappa shape index (κ1) is 17.7. The predicted octanol–water partition coefficient (Wildman–Crippen LogP) is 4.31. The van der Waals surface area contributed by atoms with Gasteiger partial charge in [-0.25, -0.2) is 8.78 Å². The first-order valence-electron chi connectivity index (χ1n) is 8.10. The number of halogens is 2. The van der Waals surface area contributed by atoms with Crippen molar-refractivity contribution in [2.24, 2.45) is 0 Å². The molecule has 1 amide bonds. The Kier molecular flexibility index (Phi) is 5.06. The lowest BCUT2D eigenvalue weighted by Crippen LogP contribution is -2.16. The zero-order chi connectivity index (χ0) is 18.7. The van der Waals surface area contributed by atoms with Crippen molar-refractivity contribution in [2.75, 3.05) is 5.32 Å². The van der Waals surface area contributed by atoms with Gasteiger partial charge in [-0.05, 0) is 29.2 Å². The van der Waals surface area contributed by atoms with E-state index in [9.17, 15) is 13.6 Å². The van der Waals surface area contributed by atoms with Crippen LogP contribution in [-0.4, -0.2) is 16.1 Å². The summed E-state index contributed by atoms with van der Waals surface area (Å²) >= 11 is 0. The molecule has 134 valence electrons. The van der Waals surface area contributed by atoms with Crippen molar-refractivity contribution in [1.29, 1.82) is 0 Å². The Balaban J connectivity index is 1.69. The molecule has 2 aromatic carbocycles. The van der Waals surface area contributed by atoms with Crippen LogP contribution in [0.2, 0.25) is 0 Å². The Bertz CT molecular complexity index is 901. The average Bonchev–Trinajstić information content (AvgIpc) is 3.02. The number of anilines is 1. The highest BCUT2D eigenvalue weighted by atomic mass is 19.1. The molecule has 0 saturated carbocycles. The van der Waals surface area contributed by atoms with E-state index < -0.39 is 23.1 Å². The van der Waals surface area contributed by atoms with Crippen molar-refractivity contribution in [3.8, 4) is 0 Å². The zero-order valence-corrected chi connectivity index (χ0v) is 14.3. The van der Waals surface area contributed by atoms with Crippen molar-refractivity contribution in [1.82, 2.24) is 10.2 Å². The number of nitrogens with zero attached hydrogens (tertiary/aromatic N) is 2. The molecule has 0 saturated heterocycles. The van der Waals surface area contributed by atoms with Crippen LogP contribution in [0.15, 0.2) is 46.9 Å². The summed E-state index contributed by atoms with van der Waals surface area (Å²) in [7, 11) is 0. The van der Waals surface area contributed by atoms with Crippen molar-refractivity contribution in [3.63, 3.8) is 0 Å². The molecule has 0 aliphatic carbocycles. The van der Waals surface area contributed by atoms with Crippen LogP contribution in [0.25, 0.3) is 0 Å². The summed E-state index contributed by atoms with van der Waals surface area (Å²) in [6.07, 6.45) is 0.384. The molecule has 26 heavy (non-hydrogen) atoms. The summed E-state index contributed by atoms with van der Waals surface area (Å²) in [6.45, 7) is 4.22. The smallest absolute Gasteiger partial charge is 0.322 e. The van der Waals surface area contributed by atoms with Gasteiger partial charge in [-0.1, -0.05) is 49.3 Å². The van der Waals surface area contributed by atoms with Crippen molar-refractivity contribution in [3.05, 3.63) is 76.7 Å². The van der Waals surface area contributed by atoms with Crippen molar-refractivity contribution in [2.45, 2.75) is 26.2 Å². The van der Waals surface area contributed by atoms with Gasteiger partial charge >= 0.3 is 6.01 Å². The van der Waals surface area contributed by atoms with E-state index in [1.807, 2.05) is 24.3 Å². The van der Waals surface area contributed by atoms with Crippen LogP contribution in [-0.2, 0) is 6.42 Å². The number of aromatic nitrogens is 2. The summed E-state index contributed by atoms with van der Waals surface area (Å²) in [5.74, 6) is -2.20. The monoisotopic (exact) mass is 357 g/mol. The molecular formula is C19H17F2N3O2. The van der Waals surface area contributed by atoms with E-state index in [4.69, 9.17) is 4.42 Å². The molecule has 0 unspecified atom stereocenters. The number of rotatable bonds is 5. The molecule has 0 radical (unpaired) electrons. The summed E-state index contributed by atoms with van der Waals surface area (Å²) in [5, 5.41) is 9.74. The van der Waals surface area contributed by atoms with Gasteiger partial charge in [0.15, 0.2) is 0 Å². The van der Waals surface area contributed by atoms with Crippen LogP contribution in [0.5, 0.6) is 0 Å². The van der Waals surface area contributed by atoms with Gasteiger partial charge in [-0.3, -0.25) is 10.1 Å². The Morgan fingerprint density at radius 2 is 1.73 bits per heavy atom. The Morgan fingerprint density at radius 3 is 2.35 bits per heavy atom. The third-order valence-corrected chi connectivity index (χ3v) is 3.88. The van der Waals surface area contributed by atoms with E-state index in [-0.39, 0.29) is 11.9 Å². The minimum atomic E-state index is -0.989. The number of hydrogen-bond acceptors (Lipinski definition) is 4. The van der Waals surface area contributed by atoms with Crippen LogP contribution in [0.1, 0.15) is 47.1 Å². The number of carbonyl (C=O) groups is 1. The molecule has 1 N–H and O–H groups in total. The maximum Gasteiger partial charge on any atom is 0.322 e. The van der Waals surface area contributed by atoms with Crippen LogP contribution in [0.3, 0.4) is 0 Å². The predicted molar refractivity (Wildman–Crippen MR) is 91.9 cm³/mol. The van der Waals surface area contributed by atoms with Gasteiger partial charge in [0.1, 0.15) is 17.2 Å². The van der Waals surface area contributed by atoms with E-state index in [0.29, 0.717) is 12.3 Å². The molecule has 1 aromatic heterocycles. The lowest BCUT2D eigenvalue weighted by molar-refractivity contribution is 0.101. The first-order valence-corrected chi connectivity index (χ1v) is 8.10. The quantitative estimate of drug-likeness (QED) is 0.739. The van der Waals surface area contributed by atoms with Crippen molar-refractivity contribution < 1.29 is 18.0 Å². The normalized spacial score (nSPS) is 11.0. The topological polar surface area (TPSA) is 68.0 Å². The second kappa shape index (κ2) is 7.43. The fraction of sp³-hybridized carbons (Fsp3) is 0.211. The number of nitrogens with one attached hydrogen (secondary N) is 1. The van der Waals surface area contributed by atoms with Crippen LogP contribution in [0, 0.1) is 11.6 Å². The number of benzene rings is 2. The molecule has 0 spiro atoms. The number of amides is 1. The van der Waals surface area contributed by atoms with E-state index in [1.165, 1.54) is 11.6 Å². The third kappa shape index (κ3) is 3.93. The van der Waals surface area contributed by atoms with Crippen LogP contribution in [0.4, 0.5) is 14.8 Å². The van der Waals surface area contributed by atoms with E-state index >= 15 is 0 Å². The maximum atomic E-state index is 13.6. The van der Waals surface area contributed by atoms with E-state index in [1.54, 1.807) is 0 Å². The second-order valence-electron chi connectivity index (χ2n) is 6.12. The van der Waals surface area contributed by atoms with Gasteiger partial charge in [-0.2, -0.15) is 0 Å². The number of carbonyl (C=O) groups excluding carboxylic acids is 1. The largest absolute Gasteiger partial charge is 0.407 e. The molecule has 3 aromatic rings. The second-order valence-corrected chi connectivity index (χ2v) is 6.12. The standard InChI is InChI=1S/C19H17F2N3O2/c1-11(2)13-8-6-12(7-9-13)10-16-23-24-19(26-16)22-18(25)17-14(20)4-3-5-15(17)21/h3-9,11H,10H2,1-2H3,(H,22,24,25). The first-order chi connectivity index (χ1) is 12.4. The Hall–Kier alpha value is -3.09. The average molecular weight is 357 g/mol. The summed E-state index contributed by atoms with van der Waals surface area (Å²) < 4.78 is 32.6. The van der Waals surface area contributed by atoms with Crippen LogP contribution < -0.4 is 5.32 Å². The molecular weight excluding hydrogens is 340 g/mol. The zero-order valence-electron chi connectivity index (χ0n) is 14.3. The van der Waals surface area contributed by atoms with E-state index in [2.05, 4.69) is 29.4 Å². The Labute approximate surface area is 149 Å². The van der Waals surface area contributed by atoms with Gasteiger partial charge in [0, 0.05) is 0 Å². The summed E-state index contributed by atoms with van der Waals surface area (Å²) in [6, 6.07) is 10.9. The molecule has 0 aliphatic heterocycles. The Morgan fingerprint density at radius 1 is 1.08 bits per heavy atom. The van der Waals surface area contributed by atoms with Gasteiger partial charge in [-0.15, -0.1) is 5.10 Å². The summed E-state index contributed by atoms with van der Waals surface area (Å²) in [4.78, 5) is 12.0. The van der Waals surface area contributed by atoms with Gasteiger partial charge in [0.25, 0.3) is 5.91 Å². The molecule has 3 rings (SSSR count). The fourth-order valence-electron chi connectivity index (χ4n) is 2.44. The number of hydrogen-bond donors (Lipinski definition) is 1. The summed E-state index contributed by atoms with van der Waals surface area (Å²) in [5.41, 5.74) is 1.49. The molecule has 5 nitrogen and oxygen atoms in total. The highest BCUT2D eigenvalue weighted by Gasteiger charge is 2.19. The van der Waals surface area contributed by atoms with Crippen LogP contribution >= 0.6 is 0 Å². The highest BCUT2D eigenvalue weighted by Crippen LogP contribution is 2.18. The van der Waals surface area contributed by atoms with Gasteiger partial charge < -0.3 is 4.42 Å². The van der Waals surface area contributed by atoms with Gasteiger partial charge in [0.2, 0.25) is 5.89 Å². The molecule has 0 bridgehead atoms. The molecule has 0 fully saturated rings. The van der Waals surface area contributed by atoms with Crippen molar-refractivity contribution >= 4 is 11.9 Å². The third-order valence-electron chi connectivity index (χ3n) is 3.88. The van der Waals surface area contributed by atoms with E-state index in [0.717, 1.165) is 17.7 Å². The molecule has 0 atom stereocenters. The molecule has 0 aliphatic rings. The molecule has 7 heteroatoms. The lowest BCUT2D eigenvalue weighted by atomic mass is 10.0. The fourth-order valence-corrected chi connectivity index (χ4v) is 2.44. The highest BCUT2D eigenvalue weighted by molar-refractivity contribution is 6.03.